The molecule has 0 bridgehead atoms. The fraction of sp³-hybridized carbons (Fsp3) is 0.667. The van der Waals surface area contributed by atoms with Gasteiger partial charge < -0.3 is 30.5 Å². The van der Waals surface area contributed by atoms with Crippen LogP contribution in [0, 0.1) is 0 Å². The maximum absolute atomic E-state index is 13.5. The summed E-state index contributed by atoms with van der Waals surface area (Å²) in [6, 6.07) is 8.82. The van der Waals surface area contributed by atoms with Crippen LogP contribution in [-0.2, 0) is 20.9 Å². The van der Waals surface area contributed by atoms with E-state index in [9.17, 15) is 19.2 Å². The molecule has 1 aromatic rings. The van der Waals surface area contributed by atoms with Gasteiger partial charge in [-0.25, -0.2) is 9.59 Å². The first-order valence-electron chi connectivity index (χ1n) is 15.0. The number of nitrogens with zero attached hydrogens (tertiary/aromatic N) is 2. The maximum Gasteiger partial charge on any atom is 0.407 e. The van der Waals surface area contributed by atoms with Crippen molar-refractivity contribution in [2.45, 2.75) is 96.2 Å². The average molecular weight is 558 g/mol. The standard InChI is InChI=1S/C30H47N5O5/c1-3-5-6-11-18-31-28(38)34-21-16-30(17-22-34)27(37)33-25(26(36)35(30)20-4-2)15-10-12-19-32-29(39)40-23-24-13-8-7-9-14-24/h7-9,13-14,25H,3-6,10-12,15-23H2,1-2H3,(H,31,38)(H,32,39)(H,33,37)/t25-/m0/s1. The number of ether oxygens (including phenoxy) is 1. The minimum Gasteiger partial charge on any atom is -0.445 e. The highest BCUT2D eigenvalue weighted by Gasteiger charge is 2.53. The Morgan fingerprint density at radius 1 is 0.950 bits per heavy atom. The third-order valence-electron chi connectivity index (χ3n) is 7.84. The molecule has 2 fully saturated rings. The molecule has 3 rings (SSSR count). The van der Waals surface area contributed by atoms with Gasteiger partial charge in [-0.05, 0) is 50.5 Å². The quantitative estimate of drug-likeness (QED) is 0.299. The van der Waals surface area contributed by atoms with E-state index in [2.05, 4.69) is 22.9 Å². The van der Waals surface area contributed by atoms with Gasteiger partial charge in [0.25, 0.3) is 0 Å². The van der Waals surface area contributed by atoms with Gasteiger partial charge >= 0.3 is 12.1 Å². The molecule has 5 amide bonds. The average Bonchev–Trinajstić information content (AvgIpc) is 2.97. The van der Waals surface area contributed by atoms with Crippen LogP contribution in [0.15, 0.2) is 30.3 Å². The monoisotopic (exact) mass is 557 g/mol. The van der Waals surface area contributed by atoms with Crippen molar-refractivity contribution >= 4 is 23.9 Å². The first-order valence-corrected chi connectivity index (χ1v) is 15.0. The molecule has 0 radical (unpaired) electrons. The molecule has 2 aliphatic heterocycles. The molecule has 40 heavy (non-hydrogen) atoms. The van der Waals surface area contributed by atoms with Crippen LogP contribution in [0.3, 0.4) is 0 Å². The first-order chi connectivity index (χ1) is 19.4. The third-order valence-corrected chi connectivity index (χ3v) is 7.84. The molecule has 1 atom stereocenters. The zero-order valence-electron chi connectivity index (χ0n) is 24.2. The third kappa shape index (κ3) is 8.60. The van der Waals surface area contributed by atoms with Crippen LogP contribution in [0.2, 0.25) is 0 Å². The highest BCUT2D eigenvalue weighted by Crippen LogP contribution is 2.34. The van der Waals surface area contributed by atoms with Crippen LogP contribution in [0.5, 0.6) is 0 Å². The molecular formula is C30H47N5O5. The summed E-state index contributed by atoms with van der Waals surface area (Å²) < 4.78 is 5.22. The van der Waals surface area contributed by atoms with Crippen LogP contribution in [-0.4, -0.2) is 78.0 Å². The summed E-state index contributed by atoms with van der Waals surface area (Å²) in [5.74, 6) is -0.168. The van der Waals surface area contributed by atoms with Crippen molar-refractivity contribution in [2.24, 2.45) is 0 Å². The molecule has 3 N–H and O–H groups in total. The molecule has 0 aliphatic carbocycles. The van der Waals surface area contributed by atoms with E-state index in [4.69, 9.17) is 4.74 Å². The maximum atomic E-state index is 13.5. The lowest BCUT2D eigenvalue weighted by Crippen LogP contribution is -2.73. The first kappa shape index (κ1) is 31.2. The van der Waals surface area contributed by atoms with Gasteiger partial charge in [-0.1, -0.05) is 63.4 Å². The zero-order chi connectivity index (χ0) is 28.8. The van der Waals surface area contributed by atoms with Gasteiger partial charge in [-0.3, -0.25) is 9.59 Å². The fourth-order valence-electron chi connectivity index (χ4n) is 5.49. The number of hydrogen-bond donors (Lipinski definition) is 3. The number of amides is 5. The molecule has 0 saturated carbocycles. The summed E-state index contributed by atoms with van der Waals surface area (Å²) in [4.78, 5) is 55.0. The van der Waals surface area contributed by atoms with Gasteiger partial charge in [0, 0.05) is 32.7 Å². The Bertz CT molecular complexity index is 964. The van der Waals surface area contributed by atoms with Gasteiger partial charge in [-0.2, -0.15) is 0 Å². The van der Waals surface area contributed by atoms with Crippen LogP contribution in [0.4, 0.5) is 9.59 Å². The normalized spacial score (nSPS) is 18.4. The number of carbonyl (C=O) groups is 4. The topological polar surface area (TPSA) is 120 Å². The Morgan fingerprint density at radius 3 is 2.35 bits per heavy atom. The number of piperidine rings is 1. The molecule has 0 aromatic heterocycles. The lowest BCUT2D eigenvalue weighted by molar-refractivity contribution is -0.161. The second-order valence-electron chi connectivity index (χ2n) is 10.8. The predicted octanol–water partition coefficient (Wildman–Crippen LogP) is 3.94. The summed E-state index contributed by atoms with van der Waals surface area (Å²) in [6.45, 7) is 6.87. The fourth-order valence-corrected chi connectivity index (χ4v) is 5.49. The highest BCUT2D eigenvalue weighted by atomic mass is 16.5. The summed E-state index contributed by atoms with van der Waals surface area (Å²) >= 11 is 0. The minimum atomic E-state index is -0.897. The van der Waals surface area contributed by atoms with E-state index in [1.165, 1.54) is 6.42 Å². The summed E-state index contributed by atoms with van der Waals surface area (Å²) in [6.07, 6.45) is 7.40. The van der Waals surface area contributed by atoms with Crippen LogP contribution < -0.4 is 16.0 Å². The molecule has 1 aromatic carbocycles. The minimum absolute atomic E-state index is 0.0505. The second kappa shape index (κ2) is 16.1. The molecule has 0 unspecified atom stereocenters. The predicted molar refractivity (Wildman–Crippen MR) is 153 cm³/mol. The number of hydrogen-bond acceptors (Lipinski definition) is 5. The lowest BCUT2D eigenvalue weighted by Gasteiger charge is -2.51. The van der Waals surface area contributed by atoms with Crippen LogP contribution >= 0.6 is 0 Å². The number of urea groups is 1. The zero-order valence-corrected chi connectivity index (χ0v) is 24.2. The summed E-state index contributed by atoms with van der Waals surface area (Å²) in [5, 5.41) is 8.72. The molecule has 2 saturated heterocycles. The molecule has 10 heteroatoms. The molecule has 222 valence electrons. The van der Waals surface area contributed by atoms with E-state index in [0.29, 0.717) is 64.8 Å². The molecule has 2 aliphatic rings. The Labute approximate surface area is 238 Å². The van der Waals surface area contributed by atoms with Crippen molar-refractivity contribution in [3.63, 3.8) is 0 Å². The number of piperazine rings is 1. The van der Waals surface area contributed by atoms with Crippen molar-refractivity contribution in [1.29, 1.82) is 0 Å². The van der Waals surface area contributed by atoms with Gasteiger partial charge in [0.2, 0.25) is 11.8 Å². The number of benzene rings is 1. The number of rotatable bonds is 14. The van der Waals surface area contributed by atoms with E-state index < -0.39 is 17.7 Å². The number of alkyl carbamates (subject to hydrolysis) is 1. The lowest BCUT2D eigenvalue weighted by atomic mass is 9.81. The van der Waals surface area contributed by atoms with E-state index in [1.807, 2.05) is 37.3 Å². The molecular weight excluding hydrogens is 510 g/mol. The molecule has 2 heterocycles. The van der Waals surface area contributed by atoms with E-state index in [-0.39, 0.29) is 24.5 Å². The summed E-state index contributed by atoms with van der Waals surface area (Å²) in [5.41, 5.74) is 0.0244. The SMILES string of the molecule is CCCCCCNC(=O)N1CCC2(CC1)C(=O)N[C@@H](CCCCNC(=O)OCc1ccccc1)C(=O)N2CCC. The Morgan fingerprint density at radius 2 is 1.65 bits per heavy atom. The number of nitrogens with one attached hydrogen (secondary N) is 3. The molecule has 1 spiro atoms. The highest BCUT2D eigenvalue weighted by molar-refractivity contribution is 6.00. The van der Waals surface area contributed by atoms with Crippen molar-refractivity contribution in [2.75, 3.05) is 32.7 Å². The van der Waals surface area contributed by atoms with Gasteiger partial charge in [0.15, 0.2) is 0 Å². The van der Waals surface area contributed by atoms with Gasteiger partial charge in [-0.15, -0.1) is 0 Å². The van der Waals surface area contributed by atoms with Crippen LogP contribution in [0.1, 0.15) is 83.6 Å². The molecule has 10 nitrogen and oxygen atoms in total. The second-order valence-corrected chi connectivity index (χ2v) is 10.8. The Balaban J connectivity index is 1.42. The van der Waals surface area contributed by atoms with Crippen molar-refractivity contribution in [3.05, 3.63) is 35.9 Å². The van der Waals surface area contributed by atoms with Gasteiger partial charge in [0.1, 0.15) is 18.2 Å². The van der Waals surface area contributed by atoms with E-state index in [0.717, 1.165) is 31.2 Å². The van der Waals surface area contributed by atoms with Crippen LogP contribution in [0.25, 0.3) is 0 Å². The summed E-state index contributed by atoms with van der Waals surface area (Å²) in [7, 11) is 0. The Hall–Kier alpha value is -3.30. The van der Waals surface area contributed by atoms with E-state index >= 15 is 0 Å². The van der Waals surface area contributed by atoms with Gasteiger partial charge in [0.05, 0.1) is 0 Å². The number of likely N-dealkylation sites (tertiary alicyclic amines) is 1. The smallest absolute Gasteiger partial charge is 0.407 e. The Kier molecular flexibility index (Phi) is 12.6. The van der Waals surface area contributed by atoms with Crippen molar-refractivity contribution in [3.8, 4) is 0 Å². The largest absolute Gasteiger partial charge is 0.445 e. The van der Waals surface area contributed by atoms with Crippen molar-refractivity contribution in [1.82, 2.24) is 25.8 Å². The number of carbonyl (C=O) groups excluding carboxylic acids is 4. The van der Waals surface area contributed by atoms with E-state index in [1.54, 1.807) is 9.80 Å². The van der Waals surface area contributed by atoms with Crippen molar-refractivity contribution < 1.29 is 23.9 Å². The number of unbranched alkanes of at least 4 members (excludes halogenated alkanes) is 4.